The van der Waals surface area contributed by atoms with Crippen LogP contribution in [0.2, 0.25) is 0 Å². The molecule has 0 aliphatic heterocycles. The van der Waals surface area contributed by atoms with Crippen molar-refractivity contribution in [2.24, 2.45) is 0 Å². The molecule has 154 valence electrons. The molecule has 1 aromatic carbocycles. The van der Waals surface area contributed by atoms with Crippen molar-refractivity contribution in [2.75, 3.05) is 25.4 Å². The molecule has 1 heterocycles. The number of nitrogens with zero attached hydrogens (tertiary/aromatic N) is 2. The van der Waals surface area contributed by atoms with Gasteiger partial charge in [-0.1, -0.05) is 26.0 Å². The fraction of sp³-hybridized carbons (Fsp3) is 0.412. The van der Waals surface area contributed by atoms with Crippen molar-refractivity contribution < 1.29 is 26.4 Å². The minimum Gasteiger partial charge on any atom is -0.350 e. The summed E-state index contributed by atoms with van der Waals surface area (Å²) in [7, 11) is -3.46. The molecule has 0 atom stereocenters. The number of thiazole rings is 1. The predicted molar refractivity (Wildman–Crippen MR) is 102 cm³/mol. The summed E-state index contributed by atoms with van der Waals surface area (Å²) < 4.78 is 63.9. The molecule has 2 rings (SSSR count). The van der Waals surface area contributed by atoms with Gasteiger partial charge in [0.2, 0.25) is 10.0 Å². The maximum absolute atomic E-state index is 12.8. The number of aromatic nitrogens is 1. The molecule has 0 unspecified atom stereocenters. The molecule has 0 saturated carbocycles. The number of carbonyl (C=O) groups is 1. The first-order chi connectivity index (χ1) is 13.1. The number of rotatable bonds is 8. The van der Waals surface area contributed by atoms with Crippen LogP contribution in [0.15, 0.2) is 29.6 Å². The van der Waals surface area contributed by atoms with Gasteiger partial charge in [-0.15, -0.1) is 11.3 Å². The lowest BCUT2D eigenvalue weighted by molar-refractivity contribution is -0.137. The summed E-state index contributed by atoms with van der Waals surface area (Å²) in [6.45, 7) is 4.06. The first-order valence-electron chi connectivity index (χ1n) is 8.47. The van der Waals surface area contributed by atoms with Crippen molar-refractivity contribution in [1.82, 2.24) is 14.6 Å². The third-order valence-electron chi connectivity index (χ3n) is 3.92. The molecule has 0 bridgehead atoms. The molecule has 0 fully saturated rings. The minimum absolute atomic E-state index is 0.0256. The molecule has 0 saturated heterocycles. The van der Waals surface area contributed by atoms with Crippen LogP contribution in [-0.4, -0.2) is 49.0 Å². The van der Waals surface area contributed by atoms with Gasteiger partial charge in [-0.05, 0) is 12.1 Å². The second-order valence-corrected chi connectivity index (χ2v) is 8.72. The summed E-state index contributed by atoms with van der Waals surface area (Å²) in [5.74, 6) is -0.824. The van der Waals surface area contributed by atoms with Crippen LogP contribution in [0.3, 0.4) is 0 Å². The van der Waals surface area contributed by atoms with Crippen LogP contribution in [0.4, 0.5) is 13.2 Å². The Morgan fingerprint density at radius 1 is 1.25 bits per heavy atom. The fourth-order valence-corrected chi connectivity index (χ4v) is 4.67. The molecule has 11 heteroatoms. The largest absolute Gasteiger partial charge is 0.416 e. The number of benzene rings is 1. The average molecular weight is 435 g/mol. The van der Waals surface area contributed by atoms with Crippen molar-refractivity contribution in [3.05, 3.63) is 40.9 Å². The molecular formula is C17H20F3N3O3S2. The lowest BCUT2D eigenvalue weighted by Gasteiger charge is -2.18. The molecule has 1 aromatic heterocycles. The van der Waals surface area contributed by atoms with Gasteiger partial charge >= 0.3 is 6.18 Å². The zero-order valence-corrected chi connectivity index (χ0v) is 16.9. The van der Waals surface area contributed by atoms with Crippen molar-refractivity contribution in [3.8, 4) is 10.6 Å². The number of hydrogen-bond donors (Lipinski definition) is 1. The number of alkyl halides is 3. The highest BCUT2D eigenvalue weighted by Crippen LogP contribution is 2.33. The molecule has 0 aliphatic carbocycles. The topological polar surface area (TPSA) is 79.4 Å². The van der Waals surface area contributed by atoms with Gasteiger partial charge in [0.25, 0.3) is 5.91 Å². The van der Waals surface area contributed by atoms with Crippen molar-refractivity contribution >= 4 is 27.3 Å². The Kier molecular flexibility index (Phi) is 7.18. The summed E-state index contributed by atoms with van der Waals surface area (Å²) in [5, 5.41) is 4.17. The van der Waals surface area contributed by atoms with E-state index in [0.717, 1.165) is 23.5 Å². The van der Waals surface area contributed by atoms with Gasteiger partial charge in [-0.3, -0.25) is 4.79 Å². The molecule has 2 aromatic rings. The van der Waals surface area contributed by atoms with Crippen LogP contribution in [0, 0.1) is 0 Å². The SMILES string of the molecule is CCN(CC)S(=O)(=O)CCNC(=O)c1csc(-c2cccc(C(F)(F)F)c2)n1. The van der Waals surface area contributed by atoms with Gasteiger partial charge in [0.1, 0.15) is 10.7 Å². The van der Waals surface area contributed by atoms with E-state index in [0.29, 0.717) is 13.1 Å². The molecule has 6 nitrogen and oxygen atoms in total. The van der Waals surface area contributed by atoms with Gasteiger partial charge < -0.3 is 5.32 Å². The van der Waals surface area contributed by atoms with Crippen LogP contribution < -0.4 is 5.32 Å². The third kappa shape index (κ3) is 5.52. The number of sulfonamides is 1. The average Bonchev–Trinajstić information content (AvgIpc) is 3.12. The molecule has 0 radical (unpaired) electrons. The normalized spacial score (nSPS) is 12.4. The summed E-state index contributed by atoms with van der Waals surface area (Å²) in [6.07, 6.45) is -4.47. The Hall–Kier alpha value is -1.98. The Morgan fingerprint density at radius 3 is 2.54 bits per heavy atom. The van der Waals surface area contributed by atoms with Gasteiger partial charge in [0, 0.05) is 30.6 Å². The summed E-state index contributed by atoms with van der Waals surface area (Å²) in [4.78, 5) is 16.2. The van der Waals surface area contributed by atoms with E-state index in [1.54, 1.807) is 13.8 Å². The quantitative estimate of drug-likeness (QED) is 0.691. The highest BCUT2D eigenvalue weighted by Gasteiger charge is 2.30. The Balaban J connectivity index is 2.03. The van der Waals surface area contributed by atoms with E-state index in [1.807, 2.05) is 0 Å². The highest BCUT2D eigenvalue weighted by atomic mass is 32.2. The molecule has 0 spiro atoms. The number of nitrogens with one attached hydrogen (secondary N) is 1. The van der Waals surface area contributed by atoms with Gasteiger partial charge in [-0.25, -0.2) is 17.7 Å². The Bertz CT molecular complexity index is 923. The number of hydrogen-bond acceptors (Lipinski definition) is 5. The van der Waals surface area contributed by atoms with Gasteiger partial charge in [0.15, 0.2) is 0 Å². The summed E-state index contributed by atoms with van der Waals surface area (Å²) >= 11 is 1.04. The maximum Gasteiger partial charge on any atom is 0.416 e. The molecular weight excluding hydrogens is 415 g/mol. The zero-order chi connectivity index (χ0) is 20.9. The second-order valence-electron chi connectivity index (χ2n) is 5.77. The van der Waals surface area contributed by atoms with E-state index in [9.17, 15) is 26.4 Å². The van der Waals surface area contributed by atoms with E-state index in [-0.39, 0.29) is 28.6 Å². The standard InChI is InChI=1S/C17H20F3N3O3S2/c1-3-23(4-2)28(25,26)9-8-21-15(24)14-11-27-16(22-14)12-6-5-7-13(10-12)17(18,19)20/h5-7,10-11H,3-4,8-9H2,1-2H3,(H,21,24). The predicted octanol–water partition coefficient (Wildman–Crippen LogP) is 3.23. The Morgan fingerprint density at radius 2 is 1.93 bits per heavy atom. The molecule has 0 aliphatic rings. The smallest absolute Gasteiger partial charge is 0.350 e. The van der Waals surface area contributed by atoms with Crippen molar-refractivity contribution in [1.29, 1.82) is 0 Å². The lowest BCUT2D eigenvalue weighted by Crippen LogP contribution is -2.37. The number of halogens is 3. The van der Waals surface area contributed by atoms with Gasteiger partial charge in [0.05, 0.1) is 11.3 Å². The number of amides is 1. The van der Waals surface area contributed by atoms with E-state index in [1.165, 1.54) is 21.8 Å². The van der Waals surface area contributed by atoms with Crippen LogP contribution in [-0.2, 0) is 16.2 Å². The van der Waals surface area contributed by atoms with Crippen molar-refractivity contribution in [3.63, 3.8) is 0 Å². The summed E-state index contributed by atoms with van der Waals surface area (Å²) in [5.41, 5.74) is -0.520. The van der Waals surface area contributed by atoms with Gasteiger partial charge in [-0.2, -0.15) is 13.2 Å². The zero-order valence-electron chi connectivity index (χ0n) is 15.3. The monoisotopic (exact) mass is 435 g/mol. The summed E-state index contributed by atoms with van der Waals surface area (Å²) in [6, 6.07) is 4.68. The Labute approximate surface area is 165 Å². The maximum atomic E-state index is 12.8. The van der Waals surface area contributed by atoms with Crippen LogP contribution >= 0.6 is 11.3 Å². The first kappa shape index (κ1) is 22.3. The first-order valence-corrected chi connectivity index (χ1v) is 11.0. The van der Waals surface area contributed by atoms with Crippen LogP contribution in [0.1, 0.15) is 29.9 Å². The molecule has 1 amide bonds. The van der Waals surface area contributed by atoms with E-state index in [2.05, 4.69) is 10.3 Å². The van der Waals surface area contributed by atoms with E-state index >= 15 is 0 Å². The minimum atomic E-state index is -4.47. The van der Waals surface area contributed by atoms with E-state index < -0.39 is 27.7 Å². The fourth-order valence-electron chi connectivity index (χ4n) is 2.47. The van der Waals surface area contributed by atoms with E-state index in [4.69, 9.17) is 0 Å². The van der Waals surface area contributed by atoms with Crippen molar-refractivity contribution in [2.45, 2.75) is 20.0 Å². The van der Waals surface area contributed by atoms with Crippen LogP contribution in [0.25, 0.3) is 10.6 Å². The molecule has 1 N–H and O–H groups in total. The molecule has 28 heavy (non-hydrogen) atoms. The highest BCUT2D eigenvalue weighted by molar-refractivity contribution is 7.89. The third-order valence-corrected chi connectivity index (χ3v) is 6.83. The van der Waals surface area contributed by atoms with Crippen LogP contribution in [0.5, 0.6) is 0 Å². The second kappa shape index (κ2) is 9.01. The lowest BCUT2D eigenvalue weighted by atomic mass is 10.1. The number of carbonyl (C=O) groups excluding carboxylic acids is 1.